The van der Waals surface area contributed by atoms with Crippen molar-refractivity contribution in [1.82, 2.24) is 4.90 Å². The molecule has 8 heteroatoms. The molecule has 1 aromatic carbocycles. The minimum absolute atomic E-state index is 0.0410. The van der Waals surface area contributed by atoms with Gasteiger partial charge in [0.25, 0.3) is 11.6 Å². The first-order valence-corrected chi connectivity index (χ1v) is 8.10. The number of rotatable bonds is 6. The zero-order chi connectivity index (χ0) is 18.2. The van der Waals surface area contributed by atoms with Crippen molar-refractivity contribution in [3.8, 4) is 6.07 Å². The molecule has 1 saturated heterocycles. The normalized spacial score (nSPS) is 17.7. The monoisotopic (exact) mass is 344 g/mol. The molecule has 0 bridgehead atoms. The molecule has 0 aliphatic carbocycles. The fourth-order valence-corrected chi connectivity index (χ4v) is 2.88. The average Bonchev–Trinajstić information content (AvgIpc) is 2.61. The van der Waals surface area contributed by atoms with Gasteiger partial charge in [0.15, 0.2) is 0 Å². The second kappa shape index (κ2) is 8.80. The first kappa shape index (κ1) is 18.4. The van der Waals surface area contributed by atoms with Crippen LogP contribution in [-0.4, -0.2) is 40.0 Å². The maximum atomic E-state index is 12.4. The van der Waals surface area contributed by atoms with Crippen molar-refractivity contribution in [1.29, 1.82) is 5.26 Å². The Kier molecular flexibility index (Phi) is 6.48. The third-order valence-electron chi connectivity index (χ3n) is 4.14. The number of nitriles is 1. The SMILES string of the molecule is N#C/C(=C/N1CCCCC1CCO)C(=O)Nc1ccccc1[N+](=O)[O-]. The number of amides is 1. The first-order chi connectivity index (χ1) is 12.1. The molecule has 0 saturated carbocycles. The van der Waals surface area contributed by atoms with Crippen LogP contribution in [0.2, 0.25) is 0 Å². The molecule has 1 fully saturated rings. The number of likely N-dealkylation sites (tertiary alicyclic amines) is 1. The number of nitro groups is 1. The molecule has 1 aliphatic rings. The summed E-state index contributed by atoms with van der Waals surface area (Å²) in [6, 6.07) is 7.71. The molecule has 132 valence electrons. The van der Waals surface area contributed by atoms with Crippen LogP contribution in [0.4, 0.5) is 11.4 Å². The van der Waals surface area contributed by atoms with Gasteiger partial charge in [-0.15, -0.1) is 0 Å². The largest absolute Gasteiger partial charge is 0.396 e. The van der Waals surface area contributed by atoms with Crippen molar-refractivity contribution in [2.75, 3.05) is 18.5 Å². The molecule has 1 aromatic rings. The molecule has 8 nitrogen and oxygen atoms in total. The number of piperidine rings is 1. The molecule has 0 radical (unpaired) electrons. The highest BCUT2D eigenvalue weighted by Crippen LogP contribution is 2.24. The third kappa shape index (κ3) is 4.78. The van der Waals surface area contributed by atoms with Gasteiger partial charge in [-0.3, -0.25) is 14.9 Å². The molecule has 2 rings (SSSR count). The van der Waals surface area contributed by atoms with Crippen LogP contribution in [0.1, 0.15) is 25.7 Å². The standard InChI is InChI=1S/C17H20N4O4/c18-11-13(12-20-9-4-3-5-14(20)8-10-22)17(23)19-15-6-1-2-7-16(15)21(24)25/h1-2,6-7,12,14,22H,3-5,8-10H2,(H,19,23)/b13-12-. The summed E-state index contributed by atoms with van der Waals surface area (Å²) in [6.07, 6.45) is 4.94. The quantitative estimate of drug-likeness (QED) is 0.353. The lowest BCUT2D eigenvalue weighted by molar-refractivity contribution is -0.383. The van der Waals surface area contributed by atoms with Crippen molar-refractivity contribution in [3.63, 3.8) is 0 Å². The van der Waals surface area contributed by atoms with Gasteiger partial charge in [0, 0.05) is 31.5 Å². The molecule has 1 aliphatic heterocycles. The molecule has 1 amide bonds. The lowest BCUT2D eigenvalue weighted by Gasteiger charge is -2.34. The van der Waals surface area contributed by atoms with Gasteiger partial charge in [-0.05, 0) is 31.7 Å². The number of nitrogens with one attached hydrogen (secondary N) is 1. The van der Waals surface area contributed by atoms with E-state index in [1.807, 2.05) is 11.0 Å². The predicted octanol–water partition coefficient (Wildman–Crippen LogP) is 2.18. The molecule has 2 N–H and O–H groups in total. The summed E-state index contributed by atoms with van der Waals surface area (Å²) < 4.78 is 0. The number of nitro benzene ring substituents is 1. The molecule has 0 aromatic heterocycles. The number of carbonyl (C=O) groups is 1. The Labute approximate surface area is 145 Å². The summed E-state index contributed by atoms with van der Waals surface area (Å²) >= 11 is 0. The van der Waals surface area contributed by atoms with Crippen molar-refractivity contribution < 1.29 is 14.8 Å². The number of hydrogen-bond donors (Lipinski definition) is 2. The minimum Gasteiger partial charge on any atom is -0.396 e. The highest BCUT2D eigenvalue weighted by atomic mass is 16.6. The van der Waals surface area contributed by atoms with Crippen LogP contribution < -0.4 is 5.32 Å². The number of aliphatic hydroxyl groups is 1. The summed E-state index contributed by atoms with van der Waals surface area (Å²) in [4.78, 5) is 24.7. The number of nitrogens with zero attached hydrogens (tertiary/aromatic N) is 3. The third-order valence-corrected chi connectivity index (χ3v) is 4.14. The van der Waals surface area contributed by atoms with Gasteiger partial charge in [0.05, 0.1) is 4.92 Å². The Morgan fingerprint density at radius 1 is 1.48 bits per heavy atom. The maximum Gasteiger partial charge on any atom is 0.292 e. The Morgan fingerprint density at radius 3 is 2.92 bits per heavy atom. The highest BCUT2D eigenvalue weighted by Gasteiger charge is 2.22. The second-order valence-corrected chi connectivity index (χ2v) is 5.78. The van der Waals surface area contributed by atoms with E-state index in [1.165, 1.54) is 24.4 Å². The summed E-state index contributed by atoms with van der Waals surface area (Å²) in [6.45, 7) is 0.744. The number of carbonyl (C=O) groups excluding carboxylic acids is 1. The number of benzene rings is 1. The van der Waals surface area contributed by atoms with E-state index < -0.39 is 10.8 Å². The van der Waals surface area contributed by atoms with Crippen LogP contribution in [0.3, 0.4) is 0 Å². The van der Waals surface area contributed by atoms with Crippen LogP contribution in [-0.2, 0) is 4.79 Å². The van der Waals surface area contributed by atoms with Crippen LogP contribution >= 0.6 is 0 Å². The predicted molar refractivity (Wildman–Crippen MR) is 91.5 cm³/mol. The van der Waals surface area contributed by atoms with E-state index in [4.69, 9.17) is 5.11 Å². The van der Waals surface area contributed by atoms with Crippen LogP contribution in [0.15, 0.2) is 36.0 Å². The molecular formula is C17H20N4O4. The fourth-order valence-electron chi connectivity index (χ4n) is 2.88. The van der Waals surface area contributed by atoms with Crippen LogP contribution in [0, 0.1) is 21.4 Å². The van der Waals surface area contributed by atoms with E-state index in [2.05, 4.69) is 5.32 Å². The molecule has 0 spiro atoms. The zero-order valence-corrected chi connectivity index (χ0v) is 13.7. The Hall–Kier alpha value is -2.92. The van der Waals surface area contributed by atoms with Gasteiger partial charge in [0.1, 0.15) is 17.3 Å². The number of aliphatic hydroxyl groups excluding tert-OH is 1. The smallest absolute Gasteiger partial charge is 0.292 e. The molecular weight excluding hydrogens is 324 g/mol. The van der Waals surface area contributed by atoms with E-state index in [1.54, 1.807) is 6.07 Å². The van der Waals surface area contributed by atoms with Gasteiger partial charge in [0.2, 0.25) is 0 Å². The zero-order valence-electron chi connectivity index (χ0n) is 13.7. The number of hydrogen-bond acceptors (Lipinski definition) is 6. The maximum absolute atomic E-state index is 12.4. The molecule has 1 atom stereocenters. The summed E-state index contributed by atoms with van der Waals surface area (Å²) in [7, 11) is 0. The lowest BCUT2D eigenvalue weighted by Crippen LogP contribution is -2.37. The van der Waals surface area contributed by atoms with E-state index >= 15 is 0 Å². The van der Waals surface area contributed by atoms with Crippen molar-refractivity contribution in [2.45, 2.75) is 31.7 Å². The van der Waals surface area contributed by atoms with Crippen LogP contribution in [0.5, 0.6) is 0 Å². The van der Waals surface area contributed by atoms with E-state index in [9.17, 15) is 20.2 Å². The summed E-state index contributed by atoms with van der Waals surface area (Å²) in [5.74, 6) is -0.690. The summed E-state index contributed by atoms with van der Waals surface area (Å²) in [5.41, 5.74) is -0.309. The number of para-hydroxylation sites is 2. The lowest BCUT2D eigenvalue weighted by atomic mass is 10.00. The summed E-state index contributed by atoms with van der Waals surface area (Å²) in [5, 5.41) is 31.9. The van der Waals surface area contributed by atoms with Gasteiger partial charge in [-0.1, -0.05) is 12.1 Å². The van der Waals surface area contributed by atoms with Crippen molar-refractivity contribution in [2.24, 2.45) is 0 Å². The van der Waals surface area contributed by atoms with Crippen LogP contribution in [0.25, 0.3) is 0 Å². The molecule has 1 unspecified atom stereocenters. The van der Waals surface area contributed by atoms with Crippen molar-refractivity contribution in [3.05, 3.63) is 46.2 Å². The average molecular weight is 344 g/mol. The first-order valence-electron chi connectivity index (χ1n) is 8.10. The topological polar surface area (TPSA) is 120 Å². The molecule has 1 heterocycles. The highest BCUT2D eigenvalue weighted by molar-refractivity contribution is 6.07. The Bertz CT molecular complexity index is 709. The fraction of sp³-hybridized carbons (Fsp3) is 0.412. The Morgan fingerprint density at radius 2 is 2.24 bits per heavy atom. The van der Waals surface area contributed by atoms with E-state index in [-0.39, 0.29) is 29.6 Å². The minimum atomic E-state index is -0.690. The second-order valence-electron chi connectivity index (χ2n) is 5.78. The van der Waals surface area contributed by atoms with Gasteiger partial charge in [-0.25, -0.2) is 0 Å². The van der Waals surface area contributed by atoms with Gasteiger partial charge >= 0.3 is 0 Å². The van der Waals surface area contributed by atoms with Gasteiger partial charge < -0.3 is 15.3 Å². The van der Waals surface area contributed by atoms with E-state index in [0.29, 0.717) is 13.0 Å². The van der Waals surface area contributed by atoms with Gasteiger partial charge in [-0.2, -0.15) is 5.26 Å². The van der Waals surface area contributed by atoms with E-state index in [0.717, 1.165) is 19.3 Å². The Balaban J connectivity index is 2.18. The van der Waals surface area contributed by atoms with Crippen molar-refractivity contribution >= 4 is 17.3 Å². The number of anilines is 1. The molecule has 25 heavy (non-hydrogen) atoms.